The summed E-state index contributed by atoms with van der Waals surface area (Å²) in [5, 5.41) is 6.52. The molecule has 212 valence electrons. The summed E-state index contributed by atoms with van der Waals surface area (Å²) in [7, 11) is 0. The molecule has 0 bridgehead atoms. The van der Waals surface area contributed by atoms with Crippen LogP contribution in [0.1, 0.15) is 77.8 Å². The van der Waals surface area contributed by atoms with Crippen molar-refractivity contribution in [1.29, 1.82) is 0 Å². The number of aromatic amines is 1. The Labute approximate surface area is 240 Å². The zero-order chi connectivity index (χ0) is 28.0. The second-order valence-corrected chi connectivity index (χ2v) is 11.0. The first-order valence-electron chi connectivity index (χ1n) is 14.8. The smallest absolute Gasteiger partial charge is 0.357 e. The van der Waals surface area contributed by atoms with Gasteiger partial charge in [-0.25, -0.2) is 9.59 Å². The number of nitrogens with one attached hydrogen (secondary N) is 2. The van der Waals surface area contributed by atoms with Crippen molar-refractivity contribution in [3.8, 4) is 0 Å². The Morgan fingerprint density at radius 1 is 0.927 bits per heavy atom. The van der Waals surface area contributed by atoms with Crippen LogP contribution in [0.2, 0.25) is 0 Å². The van der Waals surface area contributed by atoms with Crippen LogP contribution in [0.15, 0.2) is 84.9 Å². The van der Waals surface area contributed by atoms with Gasteiger partial charge in [0.25, 0.3) is 0 Å². The van der Waals surface area contributed by atoms with E-state index in [4.69, 9.17) is 9.57 Å². The molecule has 7 heteroatoms. The van der Waals surface area contributed by atoms with Crippen LogP contribution in [-0.2, 0) is 20.8 Å². The second kappa shape index (κ2) is 12.7. The Morgan fingerprint density at radius 3 is 2.41 bits per heavy atom. The average molecular weight is 552 g/mol. The SMILES string of the molecule is O=C(ON1CCc2c([nH]c3ccccc23)C1CCCN[C@H](C(=O)OC1CCCC1)c1ccccc1)c1ccccc1. The number of carbonyl (C=O) groups is 2. The summed E-state index contributed by atoms with van der Waals surface area (Å²) < 4.78 is 5.89. The summed E-state index contributed by atoms with van der Waals surface area (Å²) in [6, 6.07) is 26.6. The van der Waals surface area contributed by atoms with Crippen molar-refractivity contribution < 1.29 is 19.2 Å². The summed E-state index contributed by atoms with van der Waals surface area (Å²) in [5.41, 5.74) is 4.91. The van der Waals surface area contributed by atoms with Gasteiger partial charge >= 0.3 is 11.9 Å². The Kier molecular flexibility index (Phi) is 8.44. The molecule has 6 rings (SSSR count). The van der Waals surface area contributed by atoms with Gasteiger partial charge in [-0.05, 0) is 80.8 Å². The van der Waals surface area contributed by atoms with Crippen molar-refractivity contribution in [2.75, 3.05) is 13.1 Å². The normalized spacial score (nSPS) is 18.2. The highest BCUT2D eigenvalue weighted by Gasteiger charge is 2.33. The van der Waals surface area contributed by atoms with E-state index in [2.05, 4.69) is 28.5 Å². The van der Waals surface area contributed by atoms with E-state index < -0.39 is 6.04 Å². The number of carbonyl (C=O) groups excluding carboxylic acids is 2. The average Bonchev–Trinajstić information content (AvgIpc) is 3.66. The predicted octanol–water partition coefficient (Wildman–Crippen LogP) is 6.44. The molecule has 2 heterocycles. The van der Waals surface area contributed by atoms with E-state index in [1.807, 2.05) is 59.7 Å². The Hall–Kier alpha value is -3.94. The number of ether oxygens (including phenoxy) is 1. The molecule has 1 fully saturated rings. The minimum atomic E-state index is -0.515. The Balaban J connectivity index is 1.17. The lowest BCUT2D eigenvalue weighted by atomic mass is 9.96. The third kappa shape index (κ3) is 6.21. The number of hydroxylamine groups is 2. The highest BCUT2D eigenvalue weighted by Crippen LogP contribution is 2.37. The number of H-pyrrole nitrogens is 1. The fourth-order valence-electron chi connectivity index (χ4n) is 6.19. The van der Waals surface area contributed by atoms with Crippen molar-refractivity contribution in [2.24, 2.45) is 0 Å². The standard InChI is InChI=1S/C34H37N3O4/c38-33(25-14-5-2-6-15-25)41-37-23-21-28-27-18-9-10-19-29(27)36-32(28)30(37)20-11-22-35-31(24-12-3-1-4-13-24)34(39)40-26-16-7-8-17-26/h1-6,9-10,12-15,18-19,26,30-31,35-36H,7-8,11,16-17,20-23H2/t30?,31-/m0/s1. The molecule has 1 aromatic heterocycles. The molecular weight excluding hydrogens is 514 g/mol. The van der Waals surface area contributed by atoms with Crippen LogP contribution in [0.25, 0.3) is 10.9 Å². The van der Waals surface area contributed by atoms with Gasteiger partial charge in [0, 0.05) is 23.1 Å². The van der Waals surface area contributed by atoms with Crippen LogP contribution in [0.4, 0.5) is 0 Å². The predicted molar refractivity (Wildman–Crippen MR) is 158 cm³/mol. The summed E-state index contributed by atoms with van der Waals surface area (Å²) in [5.74, 6) is -0.566. The number of para-hydroxylation sites is 1. The van der Waals surface area contributed by atoms with Crippen LogP contribution in [0.5, 0.6) is 0 Å². The third-order valence-electron chi connectivity index (χ3n) is 8.28. The quantitative estimate of drug-likeness (QED) is 0.174. The number of esters is 1. The van der Waals surface area contributed by atoms with Gasteiger partial charge in [-0.15, -0.1) is 5.06 Å². The summed E-state index contributed by atoms with van der Waals surface area (Å²) in [4.78, 5) is 35.8. The van der Waals surface area contributed by atoms with E-state index in [1.54, 1.807) is 12.1 Å². The molecule has 0 radical (unpaired) electrons. The van der Waals surface area contributed by atoms with Gasteiger partial charge in [-0.1, -0.05) is 66.7 Å². The van der Waals surface area contributed by atoms with Gasteiger partial charge in [-0.2, -0.15) is 0 Å². The van der Waals surface area contributed by atoms with Gasteiger partial charge in [-0.3, -0.25) is 0 Å². The number of benzene rings is 3. The molecule has 0 saturated heterocycles. The zero-order valence-corrected chi connectivity index (χ0v) is 23.3. The maximum Gasteiger partial charge on any atom is 0.357 e. The third-order valence-corrected chi connectivity index (χ3v) is 8.28. The van der Waals surface area contributed by atoms with Crippen LogP contribution in [0.3, 0.4) is 0 Å². The number of aromatic nitrogens is 1. The van der Waals surface area contributed by atoms with E-state index in [1.165, 1.54) is 10.9 Å². The maximum atomic E-state index is 13.2. The topological polar surface area (TPSA) is 83.7 Å². The van der Waals surface area contributed by atoms with Gasteiger partial charge in [0.15, 0.2) is 0 Å². The molecule has 2 atom stereocenters. The molecule has 1 saturated carbocycles. The molecule has 2 N–H and O–H groups in total. The molecule has 0 amide bonds. The fraction of sp³-hybridized carbons (Fsp3) is 0.353. The fourth-order valence-corrected chi connectivity index (χ4v) is 6.19. The van der Waals surface area contributed by atoms with Crippen LogP contribution in [-0.4, -0.2) is 41.2 Å². The van der Waals surface area contributed by atoms with E-state index in [0.29, 0.717) is 18.7 Å². The molecule has 1 aliphatic carbocycles. The Morgan fingerprint density at radius 2 is 1.63 bits per heavy atom. The number of fused-ring (bicyclic) bond motifs is 3. The summed E-state index contributed by atoms with van der Waals surface area (Å²) >= 11 is 0. The molecule has 3 aromatic carbocycles. The molecule has 4 aromatic rings. The minimum absolute atomic E-state index is 0.0195. The van der Waals surface area contributed by atoms with E-state index in [0.717, 1.165) is 61.7 Å². The molecule has 2 aliphatic rings. The van der Waals surface area contributed by atoms with Crippen LogP contribution >= 0.6 is 0 Å². The monoisotopic (exact) mass is 551 g/mol. The van der Waals surface area contributed by atoms with Gasteiger partial charge < -0.3 is 19.9 Å². The highest BCUT2D eigenvalue weighted by atomic mass is 16.7. The summed E-state index contributed by atoms with van der Waals surface area (Å²) in [6.45, 7) is 1.23. The molecule has 7 nitrogen and oxygen atoms in total. The van der Waals surface area contributed by atoms with Gasteiger partial charge in [0.05, 0.1) is 11.6 Å². The number of hydrogen-bond donors (Lipinski definition) is 2. The van der Waals surface area contributed by atoms with E-state index >= 15 is 0 Å². The maximum absolute atomic E-state index is 13.2. The van der Waals surface area contributed by atoms with Crippen LogP contribution < -0.4 is 5.32 Å². The van der Waals surface area contributed by atoms with Crippen molar-refractivity contribution in [2.45, 2.75) is 63.1 Å². The molecule has 41 heavy (non-hydrogen) atoms. The lowest BCUT2D eigenvalue weighted by Gasteiger charge is -2.34. The number of nitrogens with zero attached hydrogens (tertiary/aromatic N) is 1. The first-order chi connectivity index (χ1) is 20.2. The van der Waals surface area contributed by atoms with E-state index in [9.17, 15) is 9.59 Å². The lowest BCUT2D eigenvalue weighted by Crippen LogP contribution is -2.38. The van der Waals surface area contributed by atoms with Crippen molar-refractivity contribution in [3.63, 3.8) is 0 Å². The minimum Gasteiger partial charge on any atom is -0.461 e. The van der Waals surface area contributed by atoms with Gasteiger partial charge in [0.2, 0.25) is 0 Å². The van der Waals surface area contributed by atoms with Crippen molar-refractivity contribution in [3.05, 3.63) is 107 Å². The van der Waals surface area contributed by atoms with Gasteiger partial charge in [0.1, 0.15) is 12.1 Å². The lowest BCUT2D eigenvalue weighted by molar-refractivity contribution is -0.152. The largest absolute Gasteiger partial charge is 0.461 e. The molecular formula is C34H37N3O4. The molecule has 1 unspecified atom stereocenters. The zero-order valence-electron chi connectivity index (χ0n) is 23.3. The van der Waals surface area contributed by atoms with Crippen molar-refractivity contribution in [1.82, 2.24) is 15.4 Å². The Bertz CT molecular complexity index is 1460. The summed E-state index contributed by atoms with van der Waals surface area (Å²) in [6.07, 6.45) is 6.45. The van der Waals surface area contributed by atoms with Crippen LogP contribution in [0, 0.1) is 0 Å². The first-order valence-corrected chi connectivity index (χ1v) is 14.8. The molecule has 1 aliphatic heterocycles. The number of rotatable bonds is 10. The highest BCUT2D eigenvalue weighted by molar-refractivity contribution is 5.89. The number of hydrogen-bond acceptors (Lipinski definition) is 6. The molecule has 0 spiro atoms. The van der Waals surface area contributed by atoms with Crippen molar-refractivity contribution >= 4 is 22.8 Å². The second-order valence-electron chi connectivity index (χ2n) is 11.0. The van der Waals surface area contributed by atoms with E-state index in [-0.39, 0.29) is 24.1 Å². The first kappa shape index (κ1) is 27.2.